The number of aromatic nitrogens is 1. The predicted molar refractivity (Wildman–Crippen MR) is 71.9 cm³/mol. The molecule has 0 radical (unpaired) electrons. The Labute approximate surface area is 110 Å². The fourth-order valence-electron chi connectivity index (χ4n) is 2.64. The number of hydrogen-bond donors (Lipinski definition) is 3. The Hall–Kier alpha value is -1.59. The van der Waals surface area contributed by atoms with Crippen LogP contribution in [0.5, 0.6) is 0 Å². The van der Waals surface area contributed by atoms with Gasteiger partial charge in [-0.2, -0.15) is 0 Å². The lowest BCUT2D eigenvalue weighted by Gasteiger charge is -2.26. The standard InChI is InChI=1S/C14H18N2O3/c17-11-4-2-10(3-5-11)15-8-9-1-6-12-13(7-9)19-14(18)16-12/h1,6-7,10-11,15,17H,2-5,8H2,(H,16,18). The molecule has 0 spiro atoms. The zero-order chi connectivity index (χ0) is 13.2. The maximum atomic E-state index is 11.1. The molecule has 1 aromatic carbocycles. The Balaban J connectivity index is 1.63. The molecule has 0 bridgehead atoms. The van der Waals surface area contributed by atoms with E-state index in [4.69, 9.17) is 4.42 Å². The summed E-state index contributed by atoms with van der Waals surface area (Å²) in [4.78, 5) is 13.7. The number of benzene rings is 1. The van der Waals surface area contributed by atoms with Crippen LogP contribution in [-0.4, -0.2) is 22.2 Å². The molecule has 1 heterocycles. The van der Waals surface area contributed by atoms with Gasteiger partial charge in [-0.1, -0.05) is 6.07 Å². The number of H-pyrrole nitrogens is 1. The van der Waals surface area contributed by atoms with Crippen molar-refractivity contribution in [2.75, 3.05) is 0 Å². The lowest BCUT2D eigenvalue weighted by Crippen LogP contribution is -2.34. The third-order valence-corrected chi connectivity index (χ3v) is 3.78. The molecule has 1 aliphatic rings. The molecule has 5 nitrogen and oxygen atoms in total. The molecule has 3 rings (SSSR count). The summed E-state index contributed by atoms with van der Waals surface area (Å²) in [6.45, 7) is 0.756. The molecule has 5 heteroatoms. The number of aliphatic hydroxyl groups excluding tert-OH is 1. The van der Waals surface area contributed by atoms with Crippen LogP contribution in [0.4, 0.5) is 0 Å². The number of hydrogen-bond acceptors (Lipinski definition) is 4. The van der Waals surface area contributed by atoms with Crippen molar-refractivity contribution in [2.24, 2.45) is 0 Å². The molecule has 19 heavy (non-hydrogen) atoms. The zero-order valence-electron chi connectivity index (χ0n) is 10.7. The van der Waals surface area contributed by atoms with Crippen LogP contribution in [0, 0.1) is 0 Å². The van der Waals surface area contributed by atoms with Crippen molar-refractivity contribution in [3.8, 4) is 0 Å². The summed E-state index contributed by atoms with van der Waals surface area (Å²) in [5.41, 5.74) is 2.43. The Morgan fingerprint density at radius 2 is 2.11 bits per heavy atom. The summed E-state index contributed by atoms with van der Waals surface area (Å²) in [6.07, 6.45) is 3.67. The summed E-state index contributed by atoms with van der Waals surface area (Å²) in [6, 6.07) is 6.20. The van der Waals surface area contributed by atoms with Gasteiger partial charge in [0, 0.05) is 12.6 Å². The van der Waals surface area contributed by atoms with E-state index in [0.29, 0.717) is 11.6 Å². The summed E-state index contributed by atoms with van der Waals surface area (Å²) in [7, 11) is 0. The quantitative estimate of drug-likeness (QED) is 0.783. The lowest BCUT2D eigenvalue weighted by molar-refractivity contribution is 0.116. The van der Waals surface area contributed by atoms with E-state index in [1.165, 1.54) is 0 Å². The SMILES string of the molecule is O=c1[nH]c2ccc(CNC3CCC(O)CC3)cc2o1. The molecule has 1 aliphatic carbocycles. The highest BCUT2D eigenvalue weighted by molar-refractivity contribution is 5.72. The maximum Gasteiger partial charge on any atom is 0.417 e. The maximum absolute atomic E-state index is 11.1. The van der Waals surface area contributed by atoms with Gasteiger partial charge in [0.05, 0.1) is 11.6 Å². The summed E-state index contributed by atoms with van der Waals surface area (Å²) in [5, 5.41) is 12.9. The van der Waals surface area contributed by atoms with Crippen LogP contribution >= 0.6 is 0 Å². The van der Waals surface area contributed by atoms with Crippen molar-refractivity contribution >= 4 is 11.1 Å². The van der Waals surface area contributed by atoms with E-state index in [9.17, 15) is 9.90 Å². The molecule has 1 aromatic heterocycles. The van der Waals surface area contributed by atoms with E-state index in [1.807, 2.05) is 18.2 Å². The van der Waals surface area contributed by atoms with Gasteiger partial charge in [-0.15, -0.1) is 0 Å². The molecule has 0 saturated heterocycles. The summed E-state index contributed by atoms with van der Waals surface area (Å²) < 4.78 is 5.04. The Morgan fingerprint density at radius 3 is 2.89 bits per heavy atom. The summed E-state index contributed by atoms with van der Waals surface area (Å²) >= 11 is 0. The fraction of sp³-hybridized carbons (Fsp3) is 0.500. The van der Waals surface area contributed by atoms with E-state index >= 15 is 0 Å². The fourth-order valence-corrected chi connectivity index (χ4v) is 2.64. The predicted octanol–water partition coefficient (Wildman–Crippen LogP) is 1.51. The second kappa shape index (κ2) is 5.19. The molecule has 102 valence electrons. The van der Waals surface area contributed by atoms with Crippen LogP contribution in [-0.2, 0) is 6.54 Å². The number of oxazole rings is 1. The van der Waals surface area contributed by atoms with Crippen LogP contribution in [0.3, 0.4) is 0 Å². The summed E-state index contributed by atoms with van der Waals surface area (Å²) in [5.74, 6) is -0.415. The highest BCUT2D eigenvalue weighted by Gasteiger charge is 2.18. The van der Waals surface area contributed by atoms with Crippen LogP contribution in [0.2, 0.25) is 0 Å². The second-order valence-electron chi connectivity index (χ2n) is 5.23. The van der Waals surface area contributed by atoms with Crippen molar-refractivity contribution in [3.05, 3.63) is 34.3 Å². The molecule has 0 atom stereocenters. The van der Waals surface area contributed by atoms with Crippen LogP contribution in [0.25, 0.3) is 11.1 Å². The molecule has 0 aliphatic heterocycles. The third kappa shape index (κ3) is 2.88. The van der Waals surface area contributed by atoms with Crippen LogP contribution < -0.4 is 11.1 Å². The molecule has 0 amide bonds. The minimum absolute atomic E-state index is 0.122. The number of aromatic amines is 1. The van der Waals surface area contributed by atoms with Gasteiger partial charge in [-0.3, -0.25) is 4.98 Å². The van der Waals surface area contributed by atoms with E-state index in [2.05, 4.69) is 10.3 Å². The first-order valence-corrected chi connectivity index (χ1v) is 6.74. The van der Waals surface area contributed by atoms with Gasteiger partial charge >= 0.3 is 5.76 Å². The zero-order valence-corrected chi connectivity index (χ0v) is 10.7. The number of aliphatic hydroxyl groups is 1. The van der Waals surface area contributed by atoms with Crippen molar-refractivity contribution in [2.45, 2.75) is 44.4 Å². The van der Waals surface area contributed by atoms with Gasteiger partial charge in [0.25, 0.3) is 0 Å². The lowest BCUT2D eigenvalue weighted by atomic mass is 9.93. The van der Waals surface area contributed by atoms with Gasteiger partial charge < -0.3 is 14.8 Å². The minimum Gasteiger partial charge on any atom is -0.408 e. The van der Waals surface area contributed by atoms with Gasteiger partial charge in [-0.05, 0) is 43.4 Å². The van der Waals surface area contributed by atoms with Gasteiger partial charge in [0.15, 0.2) is 5.58 Å². The smallest absolute Gasteiger partial charge is 0.408 e. The average molecular weight is 262 g/mol. The number of fused-ring (bicyclic) bond motifs is 1. The normalized spacial score (nSPS) is 23.8. The van der Waals surface area contributed by atoms with Crippen LogP contribution in [0.1, 0.15) is 31.2 Å². The number of nitrogens with one attached hydrogen (secondary N) is 2. The molecule has 3 N–H and O–H groups in total. The first-order chi connectivity index (χ1) is 9.20. The third-order valence-electron chi connectivity index (χ3n) is 3.78. The number of rotatable bonds is 3. The Kier molecular flexibility index (Phi) is 3.40. The molecular weight excluding hydrogens is 244 g/mol. The first kappa shape index (κ1) is 12.4. The minimum atomic E-state index is -0.415. The van der Waals surface area contributed by atoms with E-state index in [0.717, 1.165) is 43.3 Å². The average Bonchev–Trinajstić information content (AvgIpc) is 2.77. The van der Waals surface area contributed by atoms with Crippen LogP contribution in [0.15, 0.2) is 27.4 Å². The molecular formula is C14H18N2O3. The van der Waals surface area contributed by atoms with E-state index in [1.54, 1.807) is 0 Å². The Bertz CT molecular complexity index is 608. The van der Waals surface area contributed by atoms with E-state index in [-0.39, 0.29) is 6.10 Å². The topological polar surface area (TPSA) is 78.3 Å². The molecule has 0 unspecified atom stereocenters. The van der Waals surface area contributed by atoms with Crippen molar-refractivity contribution in [3.63, 3.8) is 0 Å². The van der Waals surface area contributed by atoms with Gasteiger partial charge in [0.1, 0.15) is 0 Å². The molecule has 1 saturated carbocycles. The Morgan fingerprint density at radius 1 is 1.32 bits per heavy atom. The second-order valence-corrected chi connectivity index (χ2v) is 5.23. The monoisotopic (exact) mass is 262 g/mol. The first-order valence-electron chi connectivity index (χ1n) is 6.74. The molecule has 2 aromatic rings. The highest BCUT2D eigenvalue weighted by Crippen LogP contribution is 2.19. The highest BCUT2D eigenvalue weighted by atomic mass is 16.4. The van der Waals surface area contributed by atoms with Gasteiger partial charge in [-0.25, -0.2) is 4.79 Å². The van der Waals surface area contributed by atoms with Crippen molar-refractivity contribution in [1.82, 2.24) is 10.3 Å². The van der Waals surface area contributed by atoms with Crippen molar-refractivity contribution in [1.29, 1.82) is 0 Å². The van der Waals surface area contributed by atoms with Gasteiger partial charge in [0.2, 0.25) is 0 Å². The van der Waals surface area contributed by atoms with Crippen molar-refractivity contribution < 1.29 is 9.52 Å². The van der Waals surface area contributed by atoms with E-state index < -0.39 is 5.76 Å². The largest absolute Gasteiger partial charge is 0.417 e. The molecule has 1 fully saturated rings.